The van der Waals surface area contributed by atoms with Gasteiger partial charge in [-0.05, 0) is 43.6 Å². The van der Waals surface area contributed by atoms with E-state index >= 15 is 0 Å². The van der Waals surface area contributed by atoms with Crippen LogP contribution in [0.1, 0.15) is 35.2 Å². The van der Waals surface area contributed by atoms with Gasteiger partial charge in [-0.1, -0.05) is 36.8 Å². The standard InChI is InChI=1S/C23H27N5OS/c24-28-22-18(16-7-2-3-9-20(16)30-28)15-19(17-8-6-10-25-21(17)22)23(29)26-11-14-27-12-4-1-5-13-27/h2-3,6-9,15,25H,1,4-5,10-14,24H2,(H,26,29). The summed E-state index contributed by atoms with van der Waals surface area (Å²) in [5.41, 5.74) is 5.57. The second-order valence-electron chi connectivity index (χ2n) is 7.96. The second-order valence-corrected chi connectivity index (χ2v) is 8.98. The number of hydrogen-bond donors (Lipinski definition) is 3. The number of nitrogens with two attached hydrogens (primary N) is 1. The Morgan fingerprint density at radius 1 is 1.17 bits per heavy atom. The van der Waals surface area contributed by atoms with Crippen LogP contribution in [-0.2, 0) is 0 Å². The summed E-state index contributed by atoms with van der Waals surface area (Å²) < 4.78 is 1.71. The first kappa shape index (κ1) is 19.5. The van der Waals surface area contributed by atoms with Crippen molar-refractivity contribution in [3.8, 4) is 11.1 Å². The minimum Gasteiger partial charge on any atom is -0.379 e. The van der Waals surface area contributed by atoms with E-state index in [4.69, 9.17) is 5.84 Å². The Balaban J connectivity index is 1.47. The Morgan fingerprint density at radius 2 is 2.00 bits per heavy atom. The predicted molar refractivity (Wildman–Crippen MR) is 125 cm³/mol. The molecule has 0 radical (unpaired) electrons. The molecule has 0 unspecified atom stereocenters. The summed E-state index contributed by atoms with van der Waals surface area (Å²) in [7, 11) is 0. The molecule has 0 saturated carbocycles. The average Bonchev–Trinajstić information content (AvgIpc) is 2.79. The normalized spacial score (nSPS) is 17.6. The highest BCUT2D eigenvalue weighted by Crippen LogP contribution is 2.50. The lowest BCUT2D eigenvalue weighted by molar-refractivity contribution is 0.0946. The molecule has 3 aliphatic heterocycles. The molecule has 0 aromatic heterocycles. The van der Waals surface area contributed by atoms with Crippen LogP contribution >= 0.6 is 11.9 Å². The maximum Gasteiger partial charge on any atom is 0.252 e. The van der Waals surface area contributed by atoms with Crippen molar-refractivity contribution in [2.75, 3.05) is 42.5 Å². The van der Waals surface area contributed by atoms with E-state index in [1.165, 1.54) is 31.2 Å². The van der Waals surface area contributed by atoms with Crippen LogP contribution in [0.4, 0.5) is 11.4 Å². The zero-order valence-corrected chi connectivity index (χ0v) is 17.8. The number of rotatable bonds is 4. The third kappa shape index (κ3) is 3.57. The fourth-order valence-electron chi connectivity index (χ4n) is 4.53. The minimum absolute atomic E-state index is 0.0290. The van der Waals surface area contributed by atoms with Gasteiger partial charge in [-0.15, -0.1) is 0 Å². The van der Waals surface area contributed by atoms with Crippen LogP contribution in [0.5, 0.6) is 0 Å². The van der Waals surface area contributed by atoms with Gasteiger partial charge in [0.2, 0.25) is 0 Å². The van der Waals surface area contributed by atoms with Crippen LogP contribution in [0.15, 0.2) is 41.3 Å². The molecule has 156 valence electrons. The van der Waals surface area contributed by atoms with Gasteiger partial charge < -0.3 is 15.5 Å². The van der Waals surface area contributed by atoms with Crippen molar-refractivity contribution in [1.29, 1.82) is 0 Å². The van der Waals surface area contributed by atoms with Gasteiger partial charge in [0.25, 0.3) is 5.91 Å². The van der Waals surface area contributed by atoms with Crippen molar-refractivity contribution in [1.82, 2.24) is 10.2 Å². The molecule has 1 saturated heterocycles. The minimum atomic E-state index is -0.0290. The summed E-state index contributed by atoms with van der Waals surface area (Å²) in [5, 5.41) is 6.59. The van der Waals surface area contributed by atoms with Gasteiger partial charge in [-0.2, -0.15) is 0 Å². The topological polar surface area (TPSA) is 73.6 Å². The van der Waals surface area contributed by atoms with E-state index in [-0.39, 0.29) is 5.91 Å². The summed E-state index contributed by atoms with van der Waals surface area (Å²) >= 11 is 1.51. The molecule has 4 N–H and O–H groups in total. The molecular weight excluding hydrogens is 394 g/mol. The van der Waals surface area contributed by atoms with Crippen molar-refractivity contribution in [2.45, 2.75) is 24.2 Å². The van der Waals surface area contributed by atoms with E-state index in [2.05, 4.69) is 27.7 Å². The molecule has 3 heterocycles. The largest absolute Gasteiger partial charge is 0.379 e. The van der Waals surface area contributed by atoms with Gasteiger partial charge in [0.1, 0.15) is 0 Å². The number of amides is 1. The molecule has 1 fully saturated rings. The molecule has 0 spiro atoms. The number of carbonyl (C=O) groups is 1. The fraction of sp³-hybridized carbons (Fsp3) is 0.348. The summed E-state index contributed by atoms with van der Waals surface area (Å²) in [6, 6.07) is 10.2. The van der Waals surface area contributed by atoms with Crippen molar-refractivity contribution in [3.05, 3.63) is 47.5 Å². The molecule has 30 heavy (non-hydrogen) atoms. The van der Waals surface area contributed by atoms with Crippen molar-refractivity contribution in [3.63, 3.8) is 0 Å². The van der Waals surface area contributed by atoms with Gasteiger partial charge in [0, 0.05) is 53.2 Å². The van der Waals surface area contributed by atoms with Crippen LogP contribution in [0, 0.1) is 0 Å². The fourth-order valence-corrected chi connectivity index (χ4v) is 5.43. The lowest BCUT2D eigenvalue weighted by atomic mass is 9.92. The van der Waals surface area contributed by atoms with E-state index in [1.807, 2.05) is 30.4 Å². The van der Waals surface area contributed by atoms with Gasteiger partial charge in [-0.3, -0.25) is 4.79 Å². The molecule has 6 nitrogen and oxygen atoms in total. The van der Waals surface area contributed by atoms with Gasteiger partial charge in [-0.25, -0.2) is 10.3 Å². The second kappa shape index (κ2) is 8.34. The van der Waals surface area contributed by atoms with Crippen LogP contribution < -0.4 is 20.9 Å². The first-order chi connectivity index (χ1) is 14.7. The molecule has 1 amide bonds. The van der Waals surface area contributed by atoms with E-state index in [1.54, 1.807) is 4.41 Å². The van der Waals surface area contributed by atoms with Crippen LogP contribution in [0.25, 0.3) is 17.2 Å². The number of nitrogens with one attached hydrogen (secondary N) is 2. The van der Waals surface area contributed by atoms with E-state index in [9.17, 15) is 4.79 Å². The molecule has 3 aliphatic rings. The third-order valence-corrected chi connectivity index (χ3v) is 6.95. The summed E-state index contributed by atoms with van der Waals surface area (Å²) in [4.78, 5) is 16.7. The highest BCUT2D eigenvalue weighted by Gasteiger charge is 2.29. The first-order valence-electron chi connectivity index (χ1n) is 10.7. The van der Waals surface area contributed by atoms with Crippen molar-refractivity contribution in [2.24, 2.45) is 5.84 Å². The SMILES string of the molecule is NN1Sc2ccccc2-c2cc(C(=O)NCCN3CCCCC3)c3c(c21)NCC=C3. The van der Waals surface area contributed by atoms with Crippen LogP contribution in [0.3, 0.4) is 0 Å². The van der Waals surface area contributed by atoms with Gasteiger partial charge in [0.05, 0.1) is 11.4 Å². The first-order valence-corrected chi connectivity index (χ1v) is 11.4. The number of nitrogens with zero attached hydrogens (tertiary/aromatic N) is 2. The molecular formula is C23H27N5OS. The predicted octanol–water partition coefficient (Wildman–Crippen LogP) is 3.71. The number of carbonyl (C=O) groups excluding carboxylic acids is 1. The average molecular weight is 422 g/mol. The smallest absolute Gasteiger partial charge is 0.252 e. The zero-order chi connectivity index (χ0) is 20.5. The van der Waals surface area contributed by atoms with Gasteiger partial charge in [0.15, 0.2) is 0 Å². The Hall–Kier alpha value is -2.48. The molecule has 0 atom stereocenters. The number of fused-ring (bicyclic) bond motifs is 5. The van der Waals surface area contributed by atoms with Crippen LogP contribution in [0.2, 0.25) is 0 Å². The molecule has 2 aromatic rings. The molecule has 7 heteroatoms. The summed E-state index contributed by atoms with van der Waals surface area (Å²) in [6.45, 7) is 4.56. The highest BCUT2D eigenvalue weighted by atomic mass is 32.2. The number of likely N-dealkylation sites (tertiary alicyclic amines) is 1. The molecule has 5 rings (SSSR count). The number of hydrogen-bond acceptors (Lipinski definition) is 6. The van der Waals surface area contributed by atoms with E-state index in [0.717, 1.165) is 59.1 Å². The monoisotopic (exact) mass is 421 g/mol. The Bertz CT molecular complexity index is 999. The maximum atomic E-state index is 13.2. The molecule has 0 aliphatic carbocycles. The maximum absolute atomic E-state index is 13.2. The van der Waals surface area contributed by atoms with Crippen molar-refractivity contribution < 1.29 is 4.79 Å². The van der Waals surface area contributed by atoms with E-state index in [0.29, 0.717) is 12.1 Å². The molecule has 2 aromatic carbocycles. The number of hydrazine groups is 1. The van der Waals surface area contributed by atoms with Crippen LogP contribution in [-0.4, -0.2) is 43.5 Å². The Morgan fingerprint density at radius 3 is 2.87 bits per heavy atom. The molecule has 0 bridgehead atoms. The van der Waals surface area contributed by atoms with Gasteiger partial charge >= 0.3 is 0 Å². The number of piperidine rings is 1. The lowest BCUT2D eigenvalue weighted by Crippen LogP contribution is -2.38. The number of benzene rings is 2. The van der Waals surface area contributed by atoms with Crippen molar-refractivity contribution >= 4 is 35.3 Å². The number of anilines is 2. The quantitative estimate of drug-likeness (QED) is 0.516. The lowest BCUT2D eigenvalue weighted by Gasteiger charge is -2.32. The Labute approximate surface area is 181 Å². The third-order valence-electron chi connectivity index (χ3n) is 6.02. The summed E-state index contributed by atoms with van der Waals surface area (Å²) in [6.07, 6.45) is 7.92. The highest BCUT2D eigenvalue weighted by molar-refractivity contribution is 8.00. The van der Waals surface area contributed by atoms with E-state index < -0.39 is 0 Å². The Kier molecular flexibility index (Phi) is 5.41. The zero-order valence-electron chi connectivity index (χ0n) is 17.0. The summed E-state index contributed by atoms with van der Waals surface area (Å²) in [5.74, 6) is 6.37.